The number of nitrogens with one attached hydrogen (secondary N) is 1. The first-order valence-corrected chi connectivity index (χ1v) is 7.80. The van der Waals surface area contributed by atoms with Crippen LogP contribution >= 0.6 is 0 Å². The third-order valence-electron chi connectivity index (χ3n) is 3.64. The largest absolute Gasteiger partial charge is 0.327 e. The molecular weight excluding hydrogens is 248 g/mol. The summed E-state index contributed by atoms with van der Waals surface area (Å²) in [6, 6.07) is 7.14. The molecule has 1 aromatic carbocycles. The molecule has 1 aromatic rings. The van der Waals surface area contributed by atoms with Gasteiger partial charge in [-0.1, -0.05) is 24.6 Å². The molecule has 0 saturated heterocycles. The molecule has 100 valence electrons. The highest BCUT2D eigenvalue weighted by molar-refractivity contribution is 7.89. The van der Waals surface area contributed by atoms with Gasteiger partial charge in [-0.3, -0.25) is 0 Å². The number of nitrogens with two attached hydrogens (primary N) is 1. The molecule has 1 aliphatic carbocycles. The number of hydrogen-bond donors (Lipinski definition) is 2. The van der Waals surface area contributed by atoms with Crippen LogP contribution in [0.5, 0.6) is 0 Å². The molecule has 0 aromatic heterocycles. The molecule has 0 radical (unpaired) electrons. The van der Waals surface area contributed by atoms with E-state index >= 15 is 0 Å². The van der Waals surface area contributed by atoms with E-state index in [0.29, 0.717) is 11.4 Å². The Hall–Kier alpha value is -0.910. The van der Waals surface area contributed by atoms with Crippen LogP contribution in [0.3, 0.4) is 0 Å². The van der Waals surface area contributed by atoms with Crippen LogP contribution in [-0.4, -0.2) is 21.0 Å². The molecule has 4 nitrogen and oxygen atoms in total. The van der Waals surface area contributed by atoms with E-state index in [0.717, 1.165) is 24.8 Å². The van der Waals surface area contributed by atoms with Crippen molar-refractivity contribution in [3.63, 3.8) is 0 Å². The molecule has 2 rings (SSSR count). The minimum Gasteiger partial charge on any atom is -0.327 e. The predicted molar refractivity (Wildman–Crippen MR) is 71.7 cm³/mol. The lowest BCUT2D eigenvalue weighted by atomic mass is 10.1. The molecule has 0 heterocycles. The molecule has 0 spiro atoms. The quantitative estimate of drug-likeness (QED) is 0.867. The van der Waals surface area contributed by atoms with E-state index in [4.69, 9.17) is 5.73 Å². The highest BCUT2D eigenvalue weighted by Crippen LogP contribution is 2.24. The summed E-state index contributed by atoms with van der Waals surface area (Å²) in [5, 5.41) is 0. The standard InChI is InChI=1S/C13H20N2O2S/c1-10-5-2-3-8-13(10)18(16,17)15-9-11-6-4-7-12(11)14/h2-3,5,8,11-12,15H,4,6-7,9,14H2,1H3. The SMILES string of the molecule is Cc1ccccc1S(=O)(=O)NCC1CCCC1N. The number of rotatable bonds is 4. The van der Waals surface area contributed by atoms with Gasteiger partial charge >= 0.3 is 0 Å². The van der Waals surface area contributed by atoms with Crippen LogP contribution in [0.25, 0.3) is 0 Å². The van der Waals surface area contributed by atoms with Crippen LogP contribution < -0.4 is 10.5 Å². The van der Waals surface area contributed by atoms with E-state index in [1.165, 1.54) is 0 Å². The zero-order chi connectivity index (χ0) is 13.2. The van der Waals surface area contributed by atoms with Gasteiger partial charge in [0.15, 0.2) is 0 Å². The molecule has 2 unspecified atom stereocenters. The van der Waals surface area contributed by atoms with Gasteiger partial charge in [-0.05, 0) is 37.3 Å². The van der Waals surface area contributed by atoms with Gasteiger partial charge in [0.2, 0.25) is 10.0 Å². The van der Waals surface area contributed by atoms with Gasteiger partial charge in [-0.15, -0.1) is 0 Å². The van der Waals surface area contributed by atoms with E-state index in [-0.39, 0.29) is 12.0 Å². The van der Waals surface area contributed by atoms with E-state index in [1.54, 1.807) is 25.1 Å². The molecule has 2 atom stereocenters. The summed E-state index contributed by atoms with van der Waals surface area (Å²) in [7, 11) is -3.41. The van der Waals surface area contributed by atoms with Gasteiger partial charge in [0, 0.05) is 12.6 Å². The molecule has 18 heavy (non-hydrogen) atoms. The Bertz CT molecular complexity index is 513. The summed E-state index contributed by atoms with van der Waals surface area (Å²) in [6.07, 6.45) is 3.10. The van der Waals surface area contributed by atoms with E-state index in [1.807, 2.05) is 6.07 Å². The minimum atomic E-state index is -3.41. The fourth-order valence-electron chi connectivity index (χ4n) is 2.47. The second-order valence-corrected chi connectivity index (χ2v) is 6.71. The number of aryl methyl sites for hydroxylation is 1. The number of hydrogen-bond acceptors (Lipinski definition) is 3. The molecule has 1 saturated carbocycles. The average molecular weight is 268 g/mol. The molecule has 0 amide bonds. The van der Waals surface area contributed by atoms with Gasteiger partial charge in [-0.2, -0.15) is 0 Å². The van der Waals surface area contributed by atoms with Gasteiger partial charge in [0.1, 0.15) is 0 Å². The summed E-state index contributed by atoms with van der Waals surface area (Å²) in [5.74, 6) is 0.267. The van der Waals surface area contributed by atoms with Crippen molar-refractivity contribution in [1.29, 1.82) is 0 Å². The molecule has 1 aliphatic rings. The van der Waals surface area contributed by atoms with E-state index in [2.05, 4.69) is 4.72 Å². The van der Waals surface area contributed by atoms with Crippen molar-refractivity contribution in [3.8, 4) is 0 Å². The first-order valence-electron chi connectivity index (χ1n) is 6.31. The van der Waals surface area contributed by atoms with Crippen LogP contribution in [0.2, 0.25) is 0 Å². The Morgan fingerprint density at radius 2 is 2.06 bits per heavy atom. The van der Waals surface area contributed by atoms with Crippen LogP contribution in [0.1, 0.15) is 24.8 Å². The maximum absolute atomic E-state index is 12.2. The van der Waals surface area contributed by atoms with Crippen molar-refractivity contribution < 1.29 is 8.42 Å². The Labute approximate surface area is 109 Å². The third-order valence-corrected chi connectivity index (χ3v) is 5.22. The highest BCUT2D eigenvalue weighted by atomic mass is 32.2. The van der Waals surface area contributed by atoms with E-state index in [9.17, 15) is 8.42 Å². The van der Waals surface area contributed by atoms with Crippen molar-refractivity contribution in [2.75, 3.05) is 6.54 Å². The number of sulfonamides is 1. The lowest BCUT2D eigenvalue weighted by Crippen LogP contribution is -2.36. The second-order valence-electron chi connectivity index (χ2n) is 4.97. The Morgan fingerprint density at radius 1 is 1.33 bits per heavy atom. The normalized spacial score (nSPS) is 24.3. The van der Waals surface area contributed by atoms with Gasteiger partial charge in [0.25, 0.3) is 0 Å². The zero-order valence-electron chi connectivity index (χ0n) is 10.6. The van der Waals surface area contributed by atoms with E-state index < -0.39 is 10.0 Å². The van der Waals surface area contributed by atoms with Gasteiger partial charge < -0.3 is 5.73 Å². The third kappa shape index (κ3) is 2.91. The van der Waals surface area contributed by atoms with Crippen molar-refractivity contribution in [2.45, 2.75) is 37.1 Å². The summed E-state index contributed by atoms with van der Waals surface area (Å²) in [5.41, 5.74) is 6.71. The molecule has 3 N–H and O–H groups in total. The predicted octanol–water partition coefficient (Wildman–Crippen LogP) is 1.40. The van der Waals surface area contributed by atoms with Crippen LogP contribution in [0.4, 0.5) is 0 Å². The van der Waals surface area contributed by atoms with Crippen LogP contribution in [0.15, 0.2) is 29.2 Å². The first-order chi connectivity index (χ1) is 8.50. The summed E-state index contributed by atoms with van der Waals surface area (Å²) >= 11 is 0. The molecular formula is C13H20N2O2S. The fourth-order valence-corrected chi connectivity index (χ4v) is 3.81. The monoisotopic (exact) mass is 268 g/mol. The lowest BCUT2D eigenvalue weighted by molar-refractivity contribution is 0.469. The summed E-state index contributed by atoms with van der Waals surface area (Å²) < 4.78 is 27.0. The van der Waals surface area contributed by atoms with Crippen molar-refractivity contribution in [1.82, 2.24) is 4.72 Å². The second kappa shape index (κ2) is 5.38. The lowest BCUT2D eigenvalue weighted by Gasteiger charge is -2.16. The van der Waals surface area contributed by atoms with Crippen molar-refractivity contribution >= 4 is 10.0 Å². The topological polar surface area (TPSA) is 72.2 Å². The molecule has 5 heteroatoms. The maximum atomic E-state index is 12.2. The average Bonchev–Trinajstić information content (AvgIpc) is 2.73. The Morgan fingerprint density at radius 3 is 2.67 bits per heavy atom. The Kier molecular flexibility index (Phi) is 4.04. The Balaban J connectivity index is 2.06. The maximum Gasteiger partial charge on any atom is 0.240 e. The van der Waals surface area contributed by atoms with Crippen LogP contribution in [-0.2, 0) is 10.0 Å². The summed E-state index contributed by atoms with van der Waals surface area (Å²) in [4.78, 5) is 0.358. The van der Waals surface area contributed by atoms with Gasteiger partial charge in [-0.25, -0.2) is 13.1 Å². The highest BCUT2D eigenvalue weighted by Gasteiger charge is 2.26. The van der Waals surface area contributed by atoms with Crippen molar-refractivity contribution in [2.24, 2.45) is 11.7 Å². The van der Waals surface area contributed by atoms with Crippen LogP contribution in [0, 0.1) is 12.8 Å². The van der Waals surface area contributed by atoms with Crippen molar-refractivity contribution in [3.05, 3.63) is 29.8 Å². The number of benzene rings is 1. The fraction of sp³-hybridized carbons (Fsp3) is 0.538. The zero-order valence-corrected chi connectivity index (χ0v) is 11.4. The minimum absolute atomic E-state index is 0.129. The molecule has 0 bridgehead atoms. The van der Waals surface area contributed by atoms with Gasteiger partial charge in [0.05, 0.1) is 4.90 Å². The smallest absolute Gasteiger partial charge is 0.240 e. The first kappa shape index (κ1) is 13.5. The molecule has 1 fully saturated rings. The summed E-state index contributed by atoms with van der Waals surface area (Å²) in [6.45, 7) is 2.24. The molecule has 0 aliphatic heterocycles.